The highest BCUT2D eigenvalue weighted by atomic mass is 15.4. The number of rotatable bonds is 7. The molecule has 0 radical (unpaired) electrons. The van der Waals surface area contributed by atoms with Crippen molar-refractivity contribution in [2.24, 2.45) is 21.5 Å². The molecule has 0 fully saturated rings. The molecule has 120 valence electrons. The molecule has 0 aliphatic carbocycles. The lowest BCUT2D eigenvalue weighted by molar-refractivity contribution is 0.546. The van der Waals surface area contributed by atoms with Crippen LogP contribution in [0.25, 0.3) is 0 Å². The summed E-state index contributed by atoms with van der Waals surface area (Å²) >= 11 is 0. The van der Waals surface area contributed by atoms with Crippen LogP contribution in [-0.4, -0.2) is 18.1 Å². The first-order chi connectivity index (χ1) is 10.6. The summed E-state index contributed by atoms with van der Waals surface area (Å²) < 4.78 is 0. The van der Waals surface area contributed by atoms with Gasteiger partial charge in [0.2, 0.25) is 11.9 Å². The van der Waals surface area contributed by atoms with Gasteiger partial charge < -0.3 is 11.5 Å². The molecule has 1 aromatic carbocycles. The third kappa shape index (κ3) is 4.23. The minimum atomic E-state index is -0.0547. The van der Waals surface area contributed by atoms with Crippen LogP contribution >= 0.6 is 0 Å². The minimum absolute atomic E-state index is 0.0547. The third-order valence-electron chi connectivity index (χ3n) is 3.90. The van der Waals surface area contributed by atoms with E-state index >= 15 is 0 Å². The number of nitrogens with zero attached hydrogens (tertiary/aromatic N) is 3. The van der Waals surface area contributed by atoms with Gasteiger partial charge in [0.25, 0.3) is 0 Å². The maximum absolute atomic E-state index is 6.11. The summed E-state index contributed by atoms with van der Waals surface area (Å²) in [5.74, 6) is 0.705. The standard InChI is InChI=1S/C17H27N5/c1-3-4-5-6-7-11-15-20-16(18)21-17(19)22(15)14-10-8-9-13(2)12-14/h8-10,12,15H,3-7,11H2,1-2H3,(H4,18,19,20,21). The zero-order valence-corrected chi connectivity index (χ0v) is 13.6. The molecule has 2 rings (SSSR count). The van der Waals surface area contributed by atoms with Gasteiger partial charge in [-0.1, -0.05) is 44.7 Å². The van der Waals surface area contributed by atoms with E-state index in [2.05, 4.69) is 36.0 Å². The Morgan fingerprint density at radius 1 is 1.14 bits per heavy atom. The minimum Gasteiger partial charge on any atom is -0.369 e. The van der Waals surface area contributed by atoms with Gasteiger partial charge in [-0.05, 0) is 37.5 Å². The first-order valence-electron chi connectivity index (χ1n) is 8.15. The zero-order valence-electron chi connectivity index (χ0n) is 13.6. The third-order valence-corrected chi connectivity index (χ3v) is 3.90. The highest BCUT2D eigenvalue weighted by Crippen LogP contribution is 2.24. The van der Waals surface area contributed by atoms with E-state index in [0.29, 0.717) is 5.96 Å². The van der Waals surface area contributed by atoms with Gasteiger partial charge in [-0.2, -0.15) is 4.99 Å². The lowest BCUT2D eigenvalue weighted by atomic mass is 10.1. The smallest absolute Gasteiger partial charge is 0.220 e. The van der Waals surface area contributed by atoms with E-state index in [1.54, 1.807) is 0 Å². The van der Waals surface area contributed by atoms with E-state index in [0.717, 1.165) is 18.5 Å². The Balaban J connectivity index is 2.08. The van der Waals surface area contributed by atoms with E-state index < -0.39 is 0 Å². The summed E-state index contributed by atoms with van der Waals surface area (Å²) in [6.07, 6.45) is 7.05. The Hall–Kier alpha value is -2.04. The average molecular weight is 301 g/mol. The molecular formula is C17H27N5. The number of nitrogens with two attached hydrogens (primary N) is 2. The summed E-state index contributed by atoms with van der Waals surface area (Å²) in [6, 6.07) is 8.23. The Bertz CT molecular complexity index is 550. The second kappa shape index (κ2) is 7.82. The Morgan fingerprint density at radius 2 is 1.91 bits per heavy atom. The highest BCUT2D eigenvalue weighted by molar-refractivity contribution is 6.04. The fourth-order valence-corrected chi connectivity index (χ4v) is 2.77. The highest BCUT2D eigenvalue weighted by Gasteiger charge is 2.25. The van der Waals surface area contributed by atoms with Gasteiger partial charge in [0, 0.05) is 5.69 Å². The number of guanidine groups is 2. The Labute approximate surface area is 133 Å². The van der Waals surface area contributed by atoms with Crippen molar-refractivity contribution in [3.8, 4) is 0 Å². The van der Waals surface area contributed by atoms with E-state index in [9.17, 15) is 0 Å². The van der Waals surface area contributed by atoms with E-state index in [4.69, 9.17) is 11.5 Å². The lowest BCUT2D eigenvalue weighted by Gasteiger charge is -2.32. The predicted molar refractivity (Wildman–Crippen MR) is 94.1 cm³/mol. The monoisotopic (exact) mass is 301 g/mol. The van der Waals surface area contributed by atoms with Crippen molar-refractivity contribution < 1.29 is 0 Å². The van der Waals surface area contributed by atoms with Crippen LogP contribution in [0, 0.1) is 6.92 Å². The number of unbranched alkanes of at least 4 members (excludes halogenated alkanes) is 4. The van der Waals surface area contributed by atoms with Crippen LogP contribution in [0.4, 0.5) is 5.69 Å². The number of benzene rings is 1. The second-order valence-corrected chi connectivity index (χ2v) is 5.85. The average Bonchev–Trinajstić information content (AvgIpc) is 2.46. The van der Waals surface area contributed by atoms with Crippen LogP contribution in [0.1, 0.15) is 51.0 Å². The van der Waals surface area contributed by atoms with Gasteiger partial charge in [-0.15, -0.1) is 0 Å². The molecule has 4 N–H and O–H groups in total. The van der Waals surface area contributed by atoms with Crippen molar-refractivity contribution in [1.82, 2.24) is 0 Å². The van der Waals surface area contributed by atoms with Crippen LogP contribution in [0.3, 0.4) is 0 Å². The molecule has 22 heavy (non-hydrogen) atoms. The molecule has 5 heteroatoms. The molecule has 0 amide bonds. The quantitative estimate of drug-likeness (QED) is 0.759. The molecule has 1 heterocycles. The maximum atomic E-state index is 6.11. The molecule has 0 bridgehead atoms. The zero-order chi connectivity index (χ0) is 15.9. The van der Waals surface area contributed by atoms with Crippen molar-refractivity contribution in [3.05, 3.63) is 29.8 Å². The molecule has 1 aliphatic heterocycles. The fourth-order valence-electron chi connectivity index (χ4n) is 2.77. The van der Waals surface area contributed by atoms with Crippen LogP contribution in [-0.2, 0) is 0 Å². The maximum Gasteiger partial charge on any atom is 0.220 e. The number of hydrogen-bond acceptors (Lipinski definition) is 5. The molecule has 5 nitrogen and oxygen atoms in total. The van der Waals surface area contributed by atoms with Crippen molar-refractivity contribution in [2.75, 3.05) is 4.90 Å². The van der Waals surface area contributed by atoms with Crippen LogP contribution in [0.2, 0.25) is 0 Å². The summed E-state index contributed by atoms with van der Waals surface area (Å²) in [5, 5.41) is 0. The SMILES string of the molecule is CCCCCCCC1N=C(N)N=C(N)N1c1cccc(C)c1. The predicted octanol–water partition coefficient (Wildman–Crippen LogP) is 3.13. The van der Waals surface area contributed by atoms with E-state index in [1.807, 2.05) is 17.0 Å². The van der Waals surface area contributed by atoms with Gasteiger partial charge in [0.05, 0.1) is 0 Å². The molecule has 1 aromatic rings. The fraction of sp³-hybridized carbons (Fsp3) is 0.529. The van der Waals surface area contributed by atoms with Crippen LogP contribution in [0.5, 0.6) is 0 Å². The van der Waals surface area contributed by atoms with E-state index in [-0.39, 0.29) is 12.1 Å². The Kier molecular flexibility index (Phi) is 5.81. The largest absolute Gasteiger partial charge is 0.369 e. The van der Waals surface area contributed by atoms with Gasteiger partial charge in [-0.3, -0.25) is 4.90 Å². The molecule has 0 saturated carbocycles. The molecule has 1 unspecified atom stereocenters. The molecular weight excluding hydrogens is 274 g/mol. The van der Waals surface area contributed by atoms with Crippen molar-refractivity contribution in [3.63, 3.8) is 0 Å². The topological polar surface area (TPSA) is 80.0 Å². The van der Waals surface area contributed by atoms with Crippen molar-refractivity contribution >= 4 is 17.6 Å². The molecule has 0 spiro atoms. The summed E-state index contributed by atoms with van der Waals surface area (Å²) in [4.78, 5) is 10.6. The first-order valence-corrected chi connectivity index (χ1v) is 8.15. The lowest BCUT2D eigenvalue weighted by Crippen LogP contribution is -2.48. The first kappa shape index (κ1) is 16.3. The van der Waals surface area contributed by atoms with Gasteiger partial charge >= 0.3 is 0 Å². The van der Waals surface area contributed by atoms with Gasteiger partial charge in [0.15, 0.2) is 0 Å². The number of aliphatic imine (C=N–C) groups is 2. The second-order valence-electron chi connectivity index (χ2n) is 5.85. The summed E-state index contributed by atoms with van der Waals surface area (Å²) in [6.45, 7) is 4.29. The van der Waals surface area contributed by atoms with Gasteiger partial charge in [-0.25, -0.2) is 4.99 Å². The van der Waals surface area contributed by atoms with Crippen molar-refractivity contribution in [2.45, 2.75) is 58.5 Å². The number of hydrogen-bond donors (Lipinski definition) is 2. The molecule has 0 aromatic heterocycles. The summed E-state index contributed by atoms with van der Waals surface area (Å²) in [7, 11) is 0. The van der Waals surface area contributed by atoms with Gasteiger partial charge in [0.1, 0.15) is 6.17 Å². The normalized spacial score (nSPS) is 18.1. The van der Waals surface area contributed by atoms with Crippen LogP contribution in [0.15, 0.2) is 34.3 Å². The summed E-state index contributed by atoms with van der Waals surface area (Å²) in [5.41, 5.74) is 14.1. The number of anilines is 1. The van der Waals surface area contributed by atoms with Crippen molar-refractivity contribution in [1.29, 1.82) is 0 Å². The van der Waals surface area contributed by atoms with E-state index in [1.165, 1.54) is 31.2 Å². The van der Waals surface area contributed by atoms with Crippen LogP contribution < -0.4 is 16.4 Å². The molecule has 1 atom stereocenters. The molecule has 0 saturated heterocycles. The molecule has 1 aliphatic rings. The Morgan fingerprint density at radius 3 is 2.64 bits per heavy atom. The number of aryl methyl sites for hydroxylation is 1.